The lowest BCUT2D eigenvalue weighted by Gasteiger charge is -2.32. The van der Waals surface area contributed by atoms with Crippen molar-refractivity contribution in [1.82, 2.24) is 4.90 Å². The quantitative estimate of drug-likeness (QED) is 0.843. The number of anilines is 1. The molecule has 2 amide bonds. The summed E-state index contributed by atoms with van der Waals surface area (Å²) in [5.74, 6) is 0.923. The van der Waals surface area contributed by atoms with Gasteiger partial charge >= 0.3 is 0 Å². The Bertz CT molecular complexity index is 878. The summed E-state index contributed by atoms with van der Waals surface area (Å²) in [5.41, 5.74) is 1.83. The van der Waals surface area contributed by atoms with Crippen molar-refractivity contribution in [2.45, 2.75) is 38.0 Å². The number of carbonyl (C=O) groups excluding carboxylic acids is 2. The van der Waals surface area contributed by atoms with Gasteiger partial charge in [-0.1, -0.05) is 42.5 Å². The van der Waals surface area contributed by atoms with Crippen molar-refractivity contribution < 1.29 is 14.3 Å². The van der Waals surface area contributed by atoms with Crippen LogP contribution in [-0.4, -0.2) is 35.4 Å². The van der Waals surface area contributed by atoms with E-state index in [0.717, 1.165) is 24.1 Å². The zero-order valence-corrected chi connectivity index (χ0v) is 15.1. The smallest absolute Gasteiger partial charge is 0.250 e. The Morgan fingerprint density at radius 3 is 2.56 bits per heavy atom. The van der Waals surface area contributed by atoms with E-state index in [1.165, 1.54) is 0 Å². The van der Waals surface area contributed by atoms with Crippen LogP contribution in [0.1, 0.15) is 24.8 Å². The van der Waals surface area contributed by atoms with Crippen LogP contribution in [0.5, 0.6) is 5.75 Å². The van der Waals surface area contributed by atoms with E-state index in [9.17, 15) is 9.59 Å². The summed E-state index contributed by atoms with van der Waals surface area (Å²) in [7, 11) is 0. The molecule has 0 radical (unpaired) electrons. The van der Waals surface area contributed by atoms with Gasteiger partial charge < -0.3 is 14.5 Å². The van der Waals surface area contributed by atoms with Gasteiger partial charge in [0.1, 0.15) is 17.9 Å². The van der Waals surface area contributed by atoms with Crippen LogP contribution >= 0.6 is 0 Å². The van der Waals surface area contributed by atoms with E-state index in [2.05, 4.69) is 0 Å². The fourth-order valence-electron chi connectivity index (χ4n) is 4.11. The third-order valence-electron chi connectivity index (χ3n) is 5.66. The number of para-hydroxylation sites is 2. The highest BCUT2D eigenvalue weighted by molar-refractivity contribution is 6.01. The van der Waals surface area contributed by atoms with Crippen molar-refractivity contribution in [3.63, 3.8) is 0 Å². The molecule has 2 aromatic rings. The Balaban J connectivity index is 1.53. The molecule has 1 aliphatic carbocycles. The van der Waals surface area contributed by atoms with Gasteiger partial charge in [-0.05, 0) is 30.5 Å². The van der Waals surface area contributed by atoms with Crippen molar-refractivity contribution in [3.8, 4) is 5.75 Å². The second kappa shape index (κ2) is 6.41. The molecule has 27 heavy (non-hydrogen) atoms. The lowest BCUT2D eigenvalue weighted by Crippen LogP contribution is -2.48. The van der Waals surface area contributed by atoms with Gasteiger partial charge in [0.25, 0.3) is 0 Å². The lowest BCUT2D eigenvalue weighted by molar-refractivity contribution is -0.138. The van der Waals surface area contributed by atoms with Crippen LogP contribution in [0.15, 0.2) is 54.6 Å². The molecule has 2 aliphatic heterocycles. The summed E-state index contributed by atoms with van der Waals surface area (Å²) in [6.45, 7) is 0.964. The fraction of sp³-hybridized carbons (Fsp3) is 0.364. The van der Waals surface area contributed by atoms with Gasteiger partial charge in [0, 0.05) is 12.3 Å². The summed E-state index contributed by atoms with van der Waals surface area (Å²) < 4.78 is 6.24. The zero-order chi connectivity index (χ0) is 18.4. The highest BCUT2D eigenvalue weighted by Gasteiger charge is 2.47. The number of fused-ring (bicyclic) bond motifs is 3. The summed E-state index contributed by atoms with van der Waals surface area (Å²) in [6.07, 6.45) is 2.32. The molecule has 2 atom stereocenters. The molecule has 3 aliphatic rings. The van der Waals surface area contributed by atoms with E-state index in [1.807, 2.05) is 54.6 Å². The van der Waals surface area contributed by atoms with E-state index in [-0.39, 0.29) is 23.8 Å². The molecule has 5 heteroatoms. The molecule has 2 heterocycles. The van der Waals surface area contributed by atoms with Crippen LogP contribution in [0.2, 0.25) is 0 Å². The molecule has 0 spiro atoms. The number of amides is 2. The normalized spacial score (nSPS) is 24.1. The maximum absolute atomic E-state index is 13.6. The predicted molar refractivity (Wildman–Crippen MR) is 101 cm³/mol. The maximum atomic E-state index is 13.6. The van der Waals surface area contributed by atoms with Gasteiger partial charge in [-0.3, -0.25) is 9.59 Å². The Kier molecular flexibility index (Phi) is 3.88. The molecule has 0 N–H and O–H groups in total. The Morgan fingerprint density at radius 2 is 1.78 bits per heavy atom. The highest BCUT2D eigenvalue weighted by atomic mass is 16.5. The maximum Gasteiger partial charge on any atom is 0.250 e. The van der Waals surface area contributed by atoms with E-state index in [1.54, 1.807) is 9.80 Å². The van der Waals surface area contributed by atoms with Crippen molar-refractivity contribution in [2.75, 3.05) is 11.4 Å². The third kappa shape index (κ3) is 2.97. The number of rotatable bonds is 3. The van der Waals surface area contributed by atoms with Gasteiger partial charge in [-0.15, -0.1) is 0 Å². The van der Waals surface area contributed by atoms with E-state index in [0.29, 0.717) is 25.3 Å². The van der Waals surface area contributed by atoms with Crippen molar-refractivity contribution in [1.29, 1.82) is 0 Å². The highest BCUT2D eigenvalue weighted by Crippen LogP contribution is 2.39. The molecule has 5 rings (SSSR count). The average Bonchev–Trinajstić information content (AvgIpc) is 3.46. The largest absolute Gasteiger partial charge is 0.486 e. The number of benzene rings is 2. The zero-order valence-electron chi connectivity index (χ0n) is 15.1. The first kappa shape index (κ1) is 16.4. The summed E-state index contributed by atoms with van der Waals surface area (Å²) >= 11 is 0. The average molecular weight is 362 g/mol. The molecule has 1 saturated carbocycles. The van der Waals surface area contributed by atoms with Gasteiger partial charge in [-0.25, -0.2) is 0 Å². The molecule has 2 aromatic carbocycles. The first-order chi connectivity index (χ1) is 13.2. The number of ether oxygens (including phenoxy) is 1. The van der Waals surface area contributed by atoms with Gasteiger partial charge in [0.2, 0.25) is 11.8 Å². The molecule has 2 bridgehead atoms. The summed E-state index contributed by atoms with van der Waals surface area (Å²) in [4.78, 5) is 29.9. The SMILES string of the molecule is O=C1C2CC(CN2C(=O)C2CC2)Oc2ccccc2N1Cc1ccccc1. The molecule has 2 fully saturated rings. The van der Waals surface area contributed by atoms with Crippen LogP contribution in [0.25, 0.3) is 0 Å². The number of hydrogen-bond acceptors (Lipinski definition) is 3. The minimum absolute atomic E-state index is 0.00824. The molecular formula is C22H22N2O3. The summed E-state index contributed by atoms with van der Waals surface area (Å²) in [6, 6.07) is 17.2. The van der Waals surface area contributed by atoms with Crippen molar-refractivity contribution >= 4 is 17.5 Å². The van der Waals surface area contributed by atoms with E-state index in [4.69, 9.17) is 4.74 Å². The summed E-state index contributed by atoms with van der Waals surface area (Å²) in [5, 5.41) is 0. The van der Waals surface area contributed by atoms with Gasteiger partial charge in [0.15, 0.2) is 0 Å². The second-order valence-electron chi connectivity index (χ2n) is 7.63. The second-order valence-corrected chi connectivity index (χ2v) is 7.63. The molecular weight excluding hydrogens is 340 g/mol. The predicted octanol–water partition coefficient (Wildman–Crippen LogP) is 2.99. The van der Waals surface area contributed by atoms with Crippen molar-refractivity contribution in [2.24, 2.45) is 5.92 Å². The first-order valence-electron chi connectivity index (χ1n) is 9.62. The monoisotopic (exact) mass is 362 g/mol. The van der Waals surface area contributed by atoms with Crippen LogP contribution < -0.4 is 9.64 Å². The van der Waals surface area contributed by atoms with E-state index >= 15 is 0 Å². The van der Waals surface area contributed by atoms with Gasteiger partial charge in [-0.2, -0.15) is 0 Å². The van der Waals surface area contributed by atoms with Crippen LogP contribution in [0, 0.1) is 5.92 Å². The third-order valence-corrected chi connectivity index (χ3v) is 5.66. The number of nitrogens with zero attached hydrogens (tertiary/aromatic N) is 2. The first-order valence-corrected chi connectivity index (χ1v) is 9.62. The molecule has 0 aromatic heterocycles. The van der Waals surface area contributed by atoms with Gasteiger partial charge in [0.05, 0.1) is 18.8 Å². The number of hydrogen-bond donors (Lipinski definition) is 0. The van der Waals surface area contributed by atoms with Crippen LogP contribution in [0.3, 0.4) is 0 Å². The minimum Gasteiger partial charge on any atom is -0.486 e. The Morgan fingerprint density at radius 1 is 1.04 bits per heavy atom. The lowest BCUT2D eigenvalue weighted by atomic mass is 10.1. The van der Waals surface area contributed by atoms with Crippen LogP contribution in [0.4, 0.5) is 5.69 Å². The number of likely N-dealkylation sites (tertiary alicyclic amines) is 1. The standard InChI is InChI=1S/C22H22N2O3/c25-21(16-10-11-16)24-14-17-12-19(24)22(26)23(13-15-6-2-1-3-7-15)18-8-4-5-9-20(18)27-17/h1-9,16-17,19H,10-14H2. The molecule has 1 saturated heterocycles. The minimum atomic E-state index is -0.430. The van der Waals surface area contributed by atoms with Crippen molar-refractivity contribution in [3.05, 3.63) is 60.2 Å². The number of carbonyl (C=O) groups is 2. The Labute approximate surface area is 158 Å². The molecule has 2 unspecified atom stereocenters. The molecule has 5 nitrogen and oxygen atoms in total. The Hall–Kier alpha value is -2.82. The topological polar surface area (TPSA) is 49.9 Å². The fourth-order valence-corrected chi connectivity index (χ4v) is 4.11. The van der Waals surface area contributed by atoms with E-state index < -0.39 is 6.04 Å². The van der Waals surface area contributed by atoms with Crippen LogP contribution in [-0.2, 0) is 16.1 Å². The molecule has 138 valence electrons.